The van der Waals surface area contributed by atoms with Crippen molar-refractivity contribution in [2.75, 3.05) is 29.6 Å². The van der Waals surface area contributed by atoms with Crippen molar-refractivity contribution < 1.29 is 9.90 Å². The zero-order chi connectivity index (χ0) is 17.1. The number of carbonyl (C=O) groups excluding carboxylic acids is 1. The second-order valence-corrected chi connectivity index (χ2v) is 6.36. The molecule has 0 unspecified atom stereocenters. The monoisotopic (exact) mass is 325 g/mol. The Morgan fingerprint density at radius 2 is 1.88 bits per heavy atom. The van der Waals surface area contributed by atoms with Gasteiger partial charge in [-0.05, 0) is 54.3 Å². The minimum atomic E-state index is -0.331. The molecule has 1 atom stereocenters. The largest absolute Gasteiger partial charge is 0.393 e. The van der Waals surface area contributed by atoms with E-state index in [1.165, 1.54) is 5.56 Å². The number of hydrogen-bond donors (Lipinski definition) is 3. The van der Waals surface area contributed by atoms with Crippen LogP contribution in [-0.2, 0) is 12.8 Å². The number of aryl methyl sites for hydroxylation is 1. The molecule has 2 aromatic carbocycles. The van der Waals surface area contributed by atoms with Crippen LogP contribution < -0.4 is 15.5 Å². The Kier molecular flexibility index (Phi) is 4.71. The minimum absolute atomic E-state index is 0.277. The zero-order valence-electron chi connectivity index (χ0n) is 14.0. The van der Waals surface area contributed by atoms with Crippen LogP contribution in [0, 0.1) is 0 Å². The van der Waals surface area contributed by atoms with Crippen LogP contribution in [0.2, 0.25) is 0 Å². The molecule has 126 valence electrons. The lowest BCUT2D eigenvalue weighted by atomic mass is 9.88. The summed E-state index contributed by atoms with van der Waals surface area (Å²) in [5.74, 6) is 0. The van der Waals surface area contributed by atoms with Crippen molar-refractivity contribution in [3.8, 4) is 0 Å². The van der Waals surface area contributed by atoms with Crippen LogP contribution in [0.4, 0.5) is 21.9 Å². The number of benzene rings is 2. The van der Waals surface area contributed by atoms with E-state index in [0.29, 0.717) is 6.42 Å². The summed E-state index contributed by atoms with van der Waals surface area (Å²) >= 11 is 0. The predicted molar refractivity (Wildman–Crippen MR) is 97.9 cm³/mol. The molecule has 2 aromatic rings. The van der Waals surface area contributed by atoms with Gasteiger partial charge in [-0.15, -0.1) is 0 Å². The summed E-state index contributed by atoms with van der Waals surface area (Å²) in [7, 11) is 3.95. The van der Waals surface area contributed by atoms with Crippen molar-refractivity contribution in [2.24, 2.45) is 0 Å². The van der Waals surface area contributed by atoms with Crippen LogP contribution in [0.25, 0.3) is 0 Å². The molecule has 0 aromatic heterocycles. The molecule has 0 radical (unpaired) electrons. The second kappa shape index (κ2) is 6.93. The van der Waals surface area contributed by atoms with Crippen molar-refractivity contribution in [3.63, 3.8) is 0 Å². The van der Waals surface area contributed by atoms with Gasteiger partial charge in [0.1, 0.15) is 0 Å². The predicted octanol–water partition coefficient (Wildman–Crippen LogP) is 3.25. The van der Waals surface area contributed by atoms with E-state index in [4.69, 9.17) is 0 Å². The standard InChI is InChI=1S/C19H23N3O2/c1-22(2)15-9-7-14(8-10-15)20-19(24)21-18-5-3-4-13-6-11-16(23)12-17(13)18/h3-5,7-10,16,23H,6,11-12H2,1-2H3,(H2,20,21,24)/t16-/m0/s1. The van der Waals surface area contributed by atoms with Gasteiger partial charge < -0.3 is 20.6 Å². The number of nitrogens with one attached hydrogen (secondary N) is 2. The number of hydrogen-bond acceptors (Lipinski definition) is 3. The van der Waals surface area contributed by atoms with Gasteiger partial charge in [-0.3, -0.25) is 0 Å². The maximum atomic E-state index is 12.3. The van der Waals surface area contributed by atoms with E-state index in [0.717, 1.165) is 35.5 Å². The number of urea groups is 1. The molecule has 0 saturated heterocycles. The summed E-state index contributed by atoms with van der Waals surface area (Å²) in [4.78, 5) is 14.3. The Labute approximate surface area is 142 Å². The molecule has 0 spiro atoms. The van der Waals surface area contributed by atoms with Crippen LogP contribution >= 0.6 is 0 Å². The normalized spacial score (nSPS) is 16.2. The molecule has 0 saturated carbocycles. The van der Waals surface area contributed by atoms with E-state index in [1.807, 2.05) is 55.4 Å². The SMILES string of the molecule is CN(C)c1ccc(NC(=O)Nc2cccc3c2C[C@@H](O)CC3)cc1. The number of carbonyl (C=O) groups is 1. The third kappa shape index (κ3) is 3.68. The number of fused-ring (bicyclic) bond motifs is 1. The highest BCUT2D eigenvalue weighted by molar-refractivity contribution is 6.00. The fourth-order valence-electron chi connectivity index (χ4n) is 3.01. The van der Waals surface area contributed by atoms with E-state index in [-0.39, 0.29) is 12.1 Å². The van der Waals surface area contributed by atoms with Gasteiger partial charge >= 0.3 is 6.03 Å². The Balaban J connectivity index is 1.69. The van der Waals surface area contributed by atoms with Gasteiger partial charge in [0.2, 0.25) is 0 Å². The van der Waals surface area contributed by atoms with E-state index >= 15 is 0 Å². The fraction of sp³-hybridized carbons (Fsp3) is 0.316. The molecule has 1 aliphatic rings. The van der Waals surface area contributed by atoms with Crippen molar-refractivity contribution in [1.29, 1.82) is 0 Å². The quantitative estimate of drug-likeness (QED) is 0.812. The van der Waals surface area contributed by atoms with Gasteiger partial charge in [0.15, 0.2) is 0 Å². The molecular weight excluding hydrogens is 302 g/mol. The average Bonchev–Trinajstić information content (AvgIpc) is 2.56. The molecule has 24 heavy (non-hydrogen) atoms. The molecule has 3 N–H and O–H groups in total. The number of aliphatic hydroxyl groups is 1. The van der Waals surface area contributed by atoms with Gasteiger partial charge in [-0.2, -0.15) is 0 Å². The summed E-state index contributed by atoms with van der Waals surface area (Å²) < 4.78 is 0. The lowest BCUT2D eigenvalue weighted by Gasteiger charge is -2.23. The maximum Gasteiger partial charge on any atom is 0.323 e. The molecule has 0 fully saturated rings. The van der Waals surface area contributed by atoms with Crippen molar-refractivity contribution >= 4 is 23.1 Å². The summed E-state index contributed by atoms with van der Waals surface area (Å²) in [6.45, 7) is 0. The summed E-state index contributed by atoms with van der Waals surface area (Å²) in [5, 5.41) is 15.6. The molecule has 2 amide bonds. The third-order valence-corrected chi connectivity index (χ3v) is 4.35. The number of anilines is 3. The van der Waals surface area contributed by atoms with Gasteiger partial charge in [0.25, 0.3) is 0 Å². The topological polar surface area (TPSA) is 64.6 Å². The molecule has 1 aliphatic carbocycles. The number of nitrogens with zero attached hydrogens (tertiary/aromatic N) is 1. The van der Waals surface area contributed by atoms with Crippen LogP contribution in [-0.4, -0.2) is 31.3 Å². The highest BCUT2D eigenvalue weighted by atomic mass is 16.3. The Morgan fingerprint density at radius 1 is 1.12 bits per heavy atom. The summed E-state index contributed by atoms with van der Waals surface area (Å²) in [6.07, 6.45) is 1.88. The van der Waals surface area contributed by atoms with Gasteiger partial charge in [0.05, 0.1) is 6.10 Å². The molecule has 0 bridgehead atoms. The third-order valence-electron chi connectivity index (χ3n) is 4.35. The Hall–Kier alpha value is -2.53. The smallest absolute Gasteiger partial charge is 0.323 e. The van der Waals surface area contributed by atoms with Crippen molar-refractivity contribution in [3.05, 3.63) is 53.6 Å². The van der Waals surface area contributed by atoms with Crippen LogP contribution in [0.3, 0.4) is 0 Å². The zero-order valence-corrected chi connectivity index (χ0v) is 14.0. The average molecular weight is 325 g/mol. The number of aliphatic hydroxyl groups excluding tert-OH is 1. The molecule has 0 aliphatic heterocycles. The lowest BCUT2D eigenvalue weighted by molar-refractivity contribution is 0.159. The van der Waals surface area contributed by atoms with Crippen LogP contribution in [0.1, 0.15) is 17.5 Å². The molecule has 3 rings (SSSR count). The van der Waals surface area contributed by atoms with Crippen LogP contribution in [0.15, 0.2) is 42.5 Å². The minimum Gasteiger partial charge on any atom is -0.393 e. The highest BCUT2D eigenvalue weighted by Gasteiger charge is 2.19. The number of amides is 2. The first kappa shape index (κ1) is 16.3. The van der Waals surface area contributed by atoms with Crippen molar-refractivity contribution in [1.82, 2.24) is 0 Å². The van der Waals surface area contributed by atoms with E-state index in [1.54, 1.807) is 0 Å². The van der Waals surface area contributed by atoms with Gasteiger partial charge in [-0.25, -0.2) is 4.79 Å². The molecular formula is C19H23N3O2. The molecule has 5 nitrogen and oxygen atoms in total. The molecule has 0 heterocycles. The van der Waals surface area contributed by atoms with Crippen molar-refractivity contribution in [2.45, 2.75) is 25.4 Å². The Bertz CT molecular complexity index is 726. The first-order chi connectivity index (χ1) is 11.5. The van der Waals surface area contributed by atoms with E-state index in [2.05, 4.69) is 16.7 Å². The van der Waals surface area contributed by atoms with Gasteiger partial charge in [-0.1, -0.05) is 12.1 Å². The van der Waals surface area contributed by atoms with E-state index in [9.17, 15) is 9.90 Å². The summed E-state index contributed by atoms with van der Waals surface area (Å²) in [6, 6.07) is 13.3. The first-order valence-corrected chi connectivity index (χ1v) is 8.17. The first-order valence-electron chi connectivity index (χ1n) is 8.17. The highest BCUT2D eigenvalue weighted by Crippen LogP contribution is 2.28. The fourth-order valence-corrected chi connectivity index (χ4v) is 3.01. The summed E-state index contributed by atoms with van der Waals surface area (Å²) in [5.41, 5.74) is 4.83. The van der Waals surface area contributed by atoms with E-state index < -0.39 is 0 Å². The lowest BCUT2D eigenvalue weighted by Crippen LogP contribution is -2.24. The Morgan fingerprint density at radius 3 is 2.58 bits per heavy atom. The second-order valence-electron chi connectivity index (χ2n) is 6.36. The van der Waals surface area contributed by atoms with Gasteiger partial charge in [0, 0.05) is 37.6 Å². The van der Waals surface area contributed by atoms with Crippen LogP contribution in [0.5, 0.6) is 0 Å². The molecule has 5 heteroatoms. The maximum absolute atomic E-state index is 12.3. The number of rotatable bonds is 3.